The molecule has 2 fully saturated rings. The first kappa shape index (κ1) is 24.4. The van der Waals surface area contributed by atoms with Crippen LogP contribution in [0.3, 0.4) is 0 Å². The van der Waals surface area contributed by atoms with Gasteiger partial charge in [0, 0.05) is 60.7 Å². The molecule has 2 saturated heterocycles. The standard InChI is InChI=1S/C26H35ClN6O2/c1-15(2)28-11-21(17-4-6-18(27)7-5-17)26(35)33-19-8-9-20(33)13-32(12-19)25-23-16(3)10-22(34)31-24(23)29-14-30-25/h4-7,14-16,19-21,26,28,35H,8-13H2,1-3H3,(H,29,30,31,34)/t16-,19?,20?,21+,26+/m0/s1. The summed E-state index contributed by atoms with van der Waals surface area (Å²) >= 11 is 6.14. The first-order chi connectivity index (χ1) is 16.8. The summed E-state index contributed by atoms with van der Waals surface area (Å²) in [6.07, 6.45) is 3.49. The van der Waals surface area contributed by atoms with Crippen LogP contribution in [0.5, 0.6) is 0 Å². The van der Waals surface area contributed by atoms with Crippen LogP contribution in [0.1, 0.15) is 63.0 Å². The van der Waals surface area contributed by atoms with Gasteiger partial charge in [-0.3, -0.25) is 9.69 Å². The molecule has 0 radical (unpaired) electrons. The molecule has 3 N–H and O–H groups in total. The number of benzene rings is 1. The molecule has 1 amide bonds. The van der Waals surface area contributed by atoms with Crippen LogP contribution in [0.4, 0.5) is 11.6 Å². The number of aliphatic hydroxyl groups excluding tert-OH is 1. The number of fused-ring (bicyclic) bond motifs is 3. The second-order valence-corrected chi connectivity index (χ2v) is 10.9. The van der Waals surface area contributed by atoms with Crippen molar-refractivity contribution in [1.29, 1.82) is 0 Å². The molecular weight excluding hydrogens is 464 g/mol. The molecule has 0 spiro atoms. The Balaban J connectivity index is 1.38. The van der Waals surface area contributed by atoms with Crippen molar-refractivity contribution in [1.82, 2.24) is 20.2 Å². The van der Waals surface area contributed by atoms with E-state index in [0.29, 0.717) is 29.8 Å². The molecule has 8 nitrogen and oxygen atoms in total. The van der Waals surface area contributed by atoms with Gasteiger partial charge in [-0.1, -0.05) is 44.5 Å². The molecule has 2 bridgehead atoms. The second kappa shape index (κ2) is 10.0. The minimum atomic E-state index is -0.598. The summed E-state index contributed by atoms with van der Waals surface area (Å²) in [7, 11) is 0. The molecule has 5 rings (SSSR count). The lowest BCUT2D eigenvalue weighted by Crippen LogP contribution is -2.59. The zero-order valence-corrected chi connectivity index (χ0v) is 21.4. The van der Waals surface area contributed by atoms with Gasteiger partial charge < -0.3 is 20.6 Å². The van der Waals surface area contributed by atoms with Crippen LogP contribution in [0.25, 0.3) is 0 Å². The lowest BCUT2D eigenvalue weighted by Gasteiger charge is -2.46. The van der Waals surface area contributed by atoms with Gasteiger partial charge in [0.15, 0.2) is 0 Å². The van der Waals surface area contributed by atoms with E-state index in [0.717, 1.165) is 42.9 Å². The number of nitrogens with one attached hydrogen (secondary N) is 2. The lowest BCUT2D eigenvalue weighted by atomic mass is 9.93. The zero-order valence-electron chi connectivity index (χ0n) is 20.6. The number of rotatable bonds is 7. The number of hydrogen-bond donors (Lipinski definition) is 3. The molecule has 188 valence electrons. The van der Waals surface area contributed by atoms with Gasteiger partial charge in [-0.25, -0.2) is 9.97 Å². The van der Waals surface area contributed by atoms with Crippen LogP contribution in [0, 0.1) is 0 Å². The summed E-state index contributed by atoms with van der Waals surface area (Å²) in [6.45, 7) is 8.60. The van der Waals surface area contributed by atoms with E-state index in [2.05, 4.69) is 51.2 Å². The summed E-state index contributed by atoms with van der Waals surface area (Å²) in [4.78, 5) is 25.7. The van der Waals surface area contributed by atoms with E-state index in [4.69, 9.17) is 11.6 Å². The number of carbonyl (C=O) groups excluding carboxylic acids is 1. The van der Waals surface area contributed by atoms with Gasteiger partial charge in [0.25, 0.3) is 0 Å². The molecule has 4 heterocycles. The number of aliphatic hydroxyl groups is 1. The molecule has 2 unspecified atom stereocenters. The lowest BCUT2D eigenvalue weighted by molar-refractivity contribution is -0.116. The first-order valence-electron chi connectivity index (χ1n) is 12.7. The van der Waals surface area contributed by atoms with E-state index in [-0.39, 0.29) is 29.8 Å². The number of aromatic nitrogens is 2. The predicted molar refractivity (Wildman–Crippen MR) is 138 cm³/mol. The summed E-state index contributed by atoms with van der Waals surface area (Å²) < 4.78 is 0. The molecule has 3 aliphatic rings. The zero-order chi connectivity index (χ0) is 24.7. The fraction of sp³-hybridized carbons (Fsp3) is 0.577. The SMILES string of the molecule is CC(C)NC[C@H](c1ccc(Cl)cc1)[C@@H](O)N1C2CCC1CN(c1ncnc3c1[C@@H](C)CC(=O)N3)C2. The predicted octanol–water partition coefficient (Wildman–Crippen LogP) is 3.33. The summed E-state index contributed by atoms with van der Waals surface area (Å²) in [5, 5.41) is 18.9. The fourth-order valence-electron chi connectivity index (χ4n) is 5.97. The molecule has 1 aromatic carbocycles. The van der Waals surface area contributed by atoms with E-state index in [1.807, 2.05) is 24.3 Å². The van der Waals surface area contributed by atoms with E-state index in [1.165, 1.54) is 0 Å². The minimum absolute atomic E-state index is 0.00547. The van der Waals surface area contributed by atoms with Crippen LogP contribution in [-0.4, -0.2) is 69.9 Å². The molecule has 5 atom stereocenters. The average molecular weight is 499 g/mol. The fourth-order valence-corrected chi connectivity index (χ4v) is 6.10. The van der Waals surface area contributed by atoms with Crippen LogP contribution in [0.15, 0.2) is 30.6 Å². The highest BCUT2D eigenvalue weighted by Crippen LogP contribution is 2.41. The summed E-state index contributed by atoms with van der Waals surface area (Å²) in [6, 6.07) is 8.65. The number of amides is 1. The third-order valence-corrected chi connectivity index (χ3v) is 7.90. The Bertz CT molecular complexity index is 1050. The molecule has 0 saturated carbocycles. The third-order valence-electron chi connectivity index (χ3n) is 7.65. The topological polar surface area (TPSA) is 93.6 Å². The molecule has 2 aromatic rings. The van der Waals surface area contributed by atoms with E-state index in [9.17, 15) is 9.90 Å². The normalized spacial score (nSPS) is 25.9. The number of carbonyl (C=O) groups is 1. The molecule has 1 aromatic heterocycles. The average Bonchev–Trinajstić information content (AvgIpc) is 3.08. The van der Waals surface area contributed by atoms with Crippen molar-refractivity contribution < 1.29 is 9.90 Å². The highest BCUT2D eigenvalue weighted by Gasteiger charge is 2.46. The van der Waals surface area contributed by atoms with E-state index < -0.39 is 6.23 Å². The van der Waals surface area contributed by atoms with E-state index in [1.54, 1.807) is 6.33 Å². The Morgan fingerprint density at radius 3 is 2.51 bits per heavy atom. The maximum absolute atomic E-state index is 12.0. The quantitative estimate of drug-likeness (QED) is 0.539. The van der Waals surface area contributed by atoms with Crippen molar-refractivity contribution in [3.8, 4) is 0 Å². The molecule has 35 heavy (non-hydrogen) atoms. The first-order valence-corrected chi connectivity index (χ1v) is 13.0. The van der Waals surface area contributed by atoms with Crippen molar-refractivity contribution in [2.75, 3.05) is 29.9 Å². The van der Waals surface area contributed by atoms with Crippen LogP contribution < -0.4 is 15.5 Å². The van der Waals surface area contributed by atoms with Crippen LogP contribution in [-0.2, 0) is 4.79 Å². The monoisotopic (exact) mass is 498 g/mol. The Kier molecular flexibility index (Phi) is 6.99. The Labute approximate surface area is 212 Å². The Morgan fingerprint density at radius 2 is 1.86 bits per heavy atom. The van der Waals surface area contributed by atoms with Crippen molar-refractivity contribution in [2.45, 2.75) is 76.2 Å². The second-order valence-electron chi connectivity index (χ2n) is 10.5. The Hall–Kier alpha value is -2.26. The van der Waals surface area contributed by atoms with Gasteiger partial charge in [0.05, 0.1) is 0 Å². The largest absolute Gasteiger partial charge is 0.378 e. The van der Waals surface area contributed by atoms with Crippen molar-refractivity contribution in [3.05, 3.63) is 46.7 Å². The summed E-state index contributed by atoms with van der Waals surface area (Å²) in [5.74, 6) is 1.57. The van der Waals surface area contributed by atoms with Crippen molar-refractivity contribution in [2.24, 2.45) is 0 Å². The number of anilines is 2. The molecule has 3 aliphatic heterocycles. The van der Waals surface area contributed by atoms with Crippen LogP contribution in [0.2, 0.25) is 5.02 Å². The minimum Gasteiger partial charge on any atom is -0.378 e. The van der Waals surface area contributed by atoms with Gasteiger partial charge >= 0.3 is 0 Å². The molecular formula is C26H35ClN6O2. The van der Waals surface area contributed by atoms with Gasteiger partial charge in [0.1, 0.15) is 24.2 Å². The highest BCUT2D eigenvalue weighted by molar-refractivity contribution is 6.30. The van der Waals surface area contributed by atoms with Crippen molar-refractivity contribution >= 4 is 29.1 Å². The number of halogens is 1. The van der Waals surface area contributed by atoms with Gasteiger partial charge in [0.2, 0.25) is 5.91 Å². The number of hydrogen-bond acceptors (Lipinski definition) is 7. The van der Waals surface area contributed by atoms with Crippen LogP contribution >= 0.6 is 11.6 Å². The summed E-state index contributed by atoms with van der Waals surface area (Å²) in [5.41, 5.74) is 2.12. The Morgan fingerprint density at radius 1 is 1.17 bits per heavy atom. The molecule has 9 heteroatoms. The molecule has 0 aliphatic carbocycles. The van der Waals surface area contributed by atoms with Gasteiger partial charge in [-0.05, 0) is 36.5 Å². The maximum Gasteiger partial charge on any atom is 0.226 e. The maximum atomic E-state index is 12.0. The number of piperazine rings is 1. The smallest absolute Gasteiger partial charge is 0.226 e. The van der Waals surface area contributed by atoms with Gasteiger partial charge in [-0.2, -0.15) is 0 Å². The van der Waals surface area contributed by atoms with E-state index >= 15 is 0 Å². The van der Waals surface area contributed by atoms with Gasteiger partial charge in [-0.15, -0.1) is 0 Å². The number of nitrogens with zero attached hydrogens (tertiary/aromatic N) is 4. The van der Waals surface area contributed by atoms with Crippen molar-refractivity contribution in [3.63, 3.8) is 0 Å². The highest BCUT2D eigenvalue weighted by atomic mass is 35.5. The third kappa shape index (κ3) is 4.89.